The Morgan fingerprint density at radius 2 is 1.93 bits per heavy atom. The van der Waals surface area contributed by atoms with Crippen LogP contribution in [0.5, 0.6) is 0 Å². The molecule has 1 fully saturated rings. The first kappa shape index (κ1) is 20.0. The fourth-order valence-electron chi connectivity index (χ4n) is 4.56. The highest BCUT2D eigenvalue weighted by molar-refractivity contribution is 7.99. The third-order valence-corrected chi connectivity index (χ3v) is 8.39. The molecule has 7 heteroatoms. The Labute approximate surface area is 185 Å². The van der Waals surface area contributed by atoms with Crippen molar-refractivity contribution in [2.24, 2.45) is 0 Å². The van der Waals surface area contributed by atoms with Gasteiger partial charge in [0.2, 0.25) is 0 Å². The van der Waals surface area contributed by atoms with E-state index in [0.29, 0.717) is 6.04 Å². The number of likely N-dealkylation sites (tertiary alicyclic amines) is 1. The van der Waals surface area contributed by atoms with Gasteiger partial charge in [-0.2, -0.15) is 0 Å². The fourth-order valence-corrected chi connectivity index (χ4v) is 6.90. The Kier molecular flexibility index (Phi) is 5.76. The molecule has 0 amide bonds. The summed E-state index contributed by atoms with van der Waals surface area (Å²) in [6.07, 6.45) is 8.99. The van der Waals surface area contributed by atoms with Gasteiger partial charge in [-0.15, -0.1) is 11.3 Å². The van der Waals surface area contributed by atoms with Crippen LogP contribution in [0.4, 0.5) is 0 Å². The molecule has 0 spiro atoms. The lowest BCUT2D eigenvalue weighted by Crippen LogP contribution is -2.37. The number of hydrogen-bond donors (Lipinski definition) is 1. The van der Waals surface area contributed by atoms with Crippen LogP contribution in [0, 0.1) is 6.92 Å². The van der Waals surface area contributed by atoms with E-state index in [9.17, 15) is 4.79 Å². The number of imidazole rings is 1. The summed E-state index contributed by atoms with van der Waals surface area (Å²) in [5.41, 5.74) is 3.39. The topological polar surface area (TPSA) is 44.3 Å². The molecule has 2 aliphatic rings. The van der Waals surface area contributed by atoms with Crippen molar-refractivity contribution in [1.29, 1.82) is 0 Å². The first-order valence-corrected chi connectivity index (χ1v) is 12.4. The van der Waals surface area contributed by atoms with E-state index < -0.39 is 0 Å². The predicted molar refractivity (Wildman–Crippen MR) is 127 cm³/mol. The lowest BCUT2D eigenvalue weighted by atomic mass is 10.0. The number of aromatic amines is 1. The average molecular weight is 441 g/mol. The SMILES string of the molecule is Cc1cc2c(s1)SN(CCCCN1CCC(n3c(=O)[nH]c4ccccc43)CC1)C=C2. The minimum atomic E-state index is 0.0332. The number of para-hydroxylation sites is 2. The van der Waals surface area contributed by atoms with Gasteiger partial charge in [0.1, 0.15) is 0 Å². The first-order chi connectivity index (χ1) is 14.7. The highest BCUT2D eigenvalue weighted by atomic mass is 32.2. The first-order valence-electron chi connectivity index (χ1n) is 10.8. The van der Waals surface area contributed by atoms with Crippen LogP contribution in [-0.4, -0.2) is 44.9 Å². The van der Waals surface area contributed by atoms with Crippen LogP contribution < -0.4 is 5.69 Å². The van der Waals surface area contributed by atoms with Crippen LogP contribution >= 0.6 is 23.3 Å². The molecule has 1 aromatic carbocycles. The van der Waals surface area contributed by atoms with Gasteiger partial charge >= 0.3 is 5.69 Å². The average Bonchev–Trinajstić information content (AvgIpc) is 3.29. The van der Waals surface area contributed by atoms with E-state index in [1.54, 1.807) is 0 Å². The van der Waals surface area contributed by atoms with Gasteiger partial charge in [-0.05, 0) is 75.4 Å². The van der Waals surface area contributed by atoms with E-state index in [0.717, 1.165) is 50.1 Å². The molecule has 5 nitrogen and oxygen atoms in total. The van der Waals surface area contributed by atoms with Gasteiger partial charge in [-0.25, -0.2) is 4.79 Å². The molecule has 158 valence electrons. The molecule has 0 atom stereocenters. The van der Waals surface area contributed by atoms with E-state index in [-0.39, 0.29) is 5.69 Å². The Hall–Kier alpha value is -1.96. The molecular formula is C23H28N4OS2. The second-order valence-corrected chi connectivity index (χ2v) is 10.8. The molecule has 1 N–H and O–H groups in total. The number of hydrogen-bond acceptors (Lipinski definition) is 5. The number of nitrogens with zero attached hydrogens (tertiary/aromatic N) is 3. The van der Waals surface area contributed by atoms with Crippen LogP contribution in [0.2, 0.25) is 0 Å². The molecule has 2 aliphatic heterocycles. The number of aryl methyl sites for hydroxylation is 1. The monoisotopic (exact) mass is 440 g/mol. The Morgan fingerprint density at radius 3 is 2.80 bits per heavy atom. The van der Waals surface area contributed by atoms with Gasteiger partial charge in [0.05, 0.1) is 15.2 Å². The van der Waals surface area contributed by atoms with Crippen molar-refractivity contribution in [2.45, 2.75) is 42.9 Å². The third-order valence-electron chi connectivity index (χ3n) is 6.12. The van der Waals surface area contributed by atoms with Gasteiger partial charge < -0.3 is 14.2 Å². The molecule has 4 heterocycles. The number of aromatic nitrogens is 2. The molecule has 0 aliphatic carbocycles. The molecule has 0 unspecified atom stereocenters. The fraction of sp³-hybridized carbons (Fsp3) is 0.435. The predicted octanol–water partition coefficient (Wildman–Crippen LogP) is 5.11. The second kappa shape index (κ2) is 8.65. The Bertz CT molecular complexity index is 1100. The molecule has 30 heavy (non-hydrogen) atoms. The molecule has 0 radical (unpaired) electrons. The number of fused-ring (bicyclic) bond motifs is 2. The molecule has 0 bridgehead atoms. The summed E-state index contributed by atoms with van der Waals surface area (Å²) < 4.78 is 5.77. The maximum atomic E-state index is 12.4. The van der Waals surface area contributed by atoms with E-state index in [1.807, 2.05) is 52.1 Å². The number of nitrogens with one attached hydrogen (secondary N) is 1. The standard InChI is InChI=1S/C23H28N4OS2/c1-17-16-18-8-15-26(30-22(18)29-17)12-5-4-11-25-13-9-19(10-14-25)27-21-7-3-2-6-20(21)24-23(27)28/h2-3,6-8,15-16,19H,4-5,9-14H2,1H3,(H,24,28). The van der Waals surface area contributed by atoms with Crippen LogP contribution in [0.15, 0.2) is 45.5 Å². The van der Waals surface area contributed by atoms with Gasteiger partial charge in [-0.3, -0.25) is 4.57 Å². The molecule has 1 saturated heterocycles. The van der Waals surface area contributed by atoms with Crippen molar-refractivity contribution >= 4 is 40.4 Å². The normalized spacial score (nSPS) is 17.7. The molecular weight excluding hydrogens is 412 g/mol. The Morgan fingerprint density at radius 1 is 1.13 bits per heavy atom. The van der Waals surface area contributed by atoms with Crippen LogP contribution in [-0.2, 0) is 0 Å². The maximum Gasteiger partial charge on any atom is 0.326 e. The zero-order chi connectivity index (χ0) is 20.5. The van der Waals surface area contributed by atoms with Crippen molar-refractivity contribution in [3.63, 3.8) is 0 Å². The van der Waals surface area contributed by atoms with Crippen LogP contribution in [0.25, 0.3) is 17.1 Å². The molecule has 0 saturated carbocycles. The summed E-state index contributed by atoms with van der Waals surface area (Å²) in [7, 11) is 0. The van der Waals surface area contributed by atoms with Crippen molar-refractivity contribution < 1.29 is 0 Å². The summed E-state index contributed by atoms with van der Waals surface area (Å²) in [5, 5.41) is 0. The number of rotatable bonds is 6. The van der Waals surface area contributed by atoms with E-state index in [4.69, 9.17) is 0 Å². The zero-order valence-corrected chi connectivity index (χ0v) is 19.0. The third kappa shape index (κ3) is 4.11. The second-order valence-electron chi connectivity index (χ2n) is 8.24. The number of unbranched alkanes of at least 4 members (excludes halogenated alkanes) is 1. The summed E-state index contributed by atoms with van der Waals surface area (Å²) in [4.78, 5) is 19.4. The van der Waals surface area contributed by atoms with Gasteiger partial charge in [0, 0.05) is 42.3 Å². The summed E-state index contributed by atoms with van der Waals surface area (Å²) >= 11 is 3.77. The van der Waals surface area contributed by atoms with Gasteiger partial charge in [-0.1, -0.05) is 12.1 Å². The van der Waals surface area contributed by atoms with Crippen molar-refractivity contribution in [2.75, 3.05) is 26.2 Å². The smallest absolute Gasteiger partial charge is 0.318 e. The number of piperidine rings is 1. The van der Waals surface area contributed by atoms with E-state index in [2.05, 4.69) is 39.5 Å². The van der Waals surface area contributed by atoms with E-state index in [1.165, 1.54) is 27.5 Å². The lowest BCUT2D eigenvalue weighted by Gasteiger charge is -2.32. The van der Waals surface area contributed by atoms with Gasteiger partial charge in [0.15, 0.2) is 0 Å². The molecule has 2 aromatic heterocycles. The van der Waals surface area contributed by atoms with Crippen molar-refractivity contribution in [3.8, 4) is 0 Å². The Balaban J connectivity index is 1.07. The van der Waals surface area contributed by atoms with Crippen molar-refractivity contribution in [3.05, 3.63) is 57.5 Å². The maximum absolute atomic E-state index is 12.4. The molecule has 3 aromatic rings. The van der Waals surface area contributed by atoms with Crippen LogP contribution in [0.1, 0.15) is 42.2 Å². The summed E-state index contributed by atoms with van der Waals surface area (Å²) in [6, 6.07) is 10.6. The number of thiophene rings is 1. The van der Waals surface area contributed by atoms with E-state index >= 15 is 0 Å². The quantitative estimate of drug-likeness (QED) is 0.427. The highest BCUT2D eigenvalue weighted by Gasteiger charge is 2.23. The summed E-state index contributed by atoms with van der Waals surface area (Å²) in [5.74, 6) is 0. The summed E-state index contributed by atoms with van der Waals surface area (Å²) in [6.45, 7) is 6.58. The number of H-pyrrole nitrogens is 1. The zero-order valence-electron chi connectivity index (χ0n) is 17.3. The number of benzene rings is 1. The van der Waals surface area contributed by atoms with Crippen molar-refractivity contribution in [1.82, 2.24) is 18.8 Å². The highest BCUT2D eigenvalue weighted by Crippen LogP contribution is 2.38. The lowest BCUT2D eigenvalue weighted by molar-refractivity contribution is 0.183. The largest absolute Gasteiger partial charge is 0.326 e. The minimum absolute atomic E-state index is 0.0332. The van der Waals surface area contributed by atoms with Crippen LogP contribution in [0.3, 0.4) is 0 Å². The molecule has 5 rings (SSSR count). The minimum Gasteiger partial charge on any atom is -0.318 e. The van der Waals surface area contributed by atoms with Gasteiger partial charge in [0.25, 0.3) is 0 Å².